The highest BCUT2D eigenvalue weighted by atomic mass is 16.5. The van der Waals surface area contributed by atoms with E-state index >= 15 is 0 Å². The number of nitrogens with zero attached hydrogens (tertiary/aromatic N) is 4. The van der Waals surface area contributed by atoms with Crippen molar-refractivity contribution < 1.29 is 14.6 Å². The predicted molar refractivity (Wildman–Crippen MR) is 57.3 cm³/mol. The summed E-state index contributed by atoms with van der Waals surface area (Å²) in [6, 6.07) is 0. The van der Waals surface area contributed by atoms with Crippen molar-refractivity contribution in [2.75, 3.05) is 0 Å². The average Bonchev–Trinajstić information content (AvgIpc) is 2.84. The number of tetrazole rings is 1. The first-order chi connectivity index (χ1) is 7.93. The molecule has 7 nitrogen and oxygen atoms in total. The average molecular weight is 240 g/mol. The third-order valence-corrected chi connectivity index (χ3v) is 3.07. The Kier molecular flexibility index (Phi) is 2.86. The molecule has 2 atom stereocenters. The fourth-order valence-corrected chi connectivity index (χ4v) is 1.88. The lowest BCUT2D eigenvalue weighted by Crippen LogP contribution is -2.38. The van der Waals surface area contributed by atoms with Gasteiger partial charge < -0.3 is 9.84 Å². The van der Waals surface area contributed by atoms with Gasteiger partial charge in [0.2, 0.25) is 0 Å². The molecule has 0 saturated carbocycles. The number of carboxylic acids is 1. The fourth-order valence-electron chi connectivity index (χ4n) is 1.88. The van der Waals surface area contributed by atoms with Crippen molar-refractivity contribution in [3.05, 3.63) is 5.82 Å². The first-order valence-electron chi connectivity index (χ1n) is 5.60. The van der Waals surface area contributed by atoms with E-state index in [9.17, 15) is 9.90 Å². The molecule has 1 N–H and O–H groups in total. The zero-order chi connectivity index (χ0) is 12.6. The molecule has 7 heteroatoms. The van der Waals surface area contributed by atoms with Crippen molar-refractivity contribution in [1.82, 2.24) is 20.2 Å². The minimum absolute atomic E-state index is 0.165. The number of aromatic nitrogens is 4. The van der Waals surface area contributed by atoms with Gasteiger partial charge in [-0.25, -0.2) is 9.48 Å². The third-order valence-electron chi connectivity index (χ3n) is 3.07. The second-order valence-corrected chi connectivity index (χ2v) is 4.83. The molecule has 0 amide bonds. The van der Waals surface area contributed by atoms with E-state index in [4.69, 9.17) is 4.74 Å². The monoisotopic (exact) mass is 240 g/mol. The molecule has 1 saturated heterocycles. The summed E-state index contributed by atoms with van der Waals surface area (Å²) in [6.45, 7) is 5.11. The minimum atomic E-state index is -1.17. The Hall–Kier alpha value is -1.50. The number of ether oxygens (including phenoxy) is 1. The lowest BCUT2D eigenvalue weighted by atomic mass is 10.1. The van der Waals surface area contributed by atoms with Crippen LogP contribution in [0.25, 0.3) is 0 Å². The van der Waals surface area contributed by atoms with Crippen LogP contribution in [0.15, 0.2) is 0 Å². The molecule has 94 valence electrons. The van der Waals surface area contributed by atoms with E-state index in [0.717, 1.165) is 12.8 Å². The maximum atomic E-state index is 11.2. The van der Waals surface area contributed by atoms with Crippen LogP contribution in [-0.2, 0) is 15.1 Å². The molecule has 17 heavy (non-hydrogen) atoms. The highest BCUT2D eigenvalue weighted by Gasteiger charge is 2.37. The molecule has 1 aliphatic heterocycles. The molecular weight excluding hydrogens is 224 g/mol. The first-order valence-corrected chi connectivity index (χ1v) is 5.60. The van der Waals surface area contributed by atoms with Gasteiger partial charge >= 0.3 is 5.97 Å². The molecule has 2 rings (SSSR count). The SMILES string of the molecule is CC1CCC(c2nnnn2C(C)(C)C(=O)O)O1. The van der Waals surface area contributed by atoms with Gasteiger partial charge in [0.05, 0.1) is 6.10 Å². The zero-order valence-corrected chi connectivity index (χ0v) is 10.1. The summed E-state index contributed by atoms with van der Waals surface area (Å²) in [5, 5.41) is 20.4. The van der Waals surface area contributed by atoms with Crippen molar-refractivity contribution in [3.63, 3.8) is 0 Å². The summed E-state index contributed by atoms with van der Waals surface area (Å²) in [6.07, 6.45) is 1.71. The smallest absolute Gasteiger partial charge is 0.331 e. The zero-order valence-electron chi connectivity index (χ0n) is 10.1. The Bertz CT molecular complexity index is 429. The molecular formula is C10H16N4O3. The van der Waals surface area contributed by atoms with Crippen molar-refractivity contribution in [2.24, 2.45) is 0 Å². The maximum absolute atomic E-state index is 11.2. The van der Waals surface area contributed by atoms with Gasteiger partial charge in [0.1, 0.15) is 6.10 Å². The van der Waals surface area contributed by atoms with E-state index in [1.165, 1.54) is 4.68 Å². The summed E-state index contributed by atoms with van der Waals surface area (Å²) < 4.78 is 7.00. The topological polar surface area (TPSA) is 90.1 Å². The summed E-state index contributed by atoms with van der Waals surface area (Å²) in [4.78, 5) is 11.2. The molecule has 0 bridgehead atoms. The van der Waals surface area contributed by atoms with Crippen molar-refractivity contribution in [1.29, 1.82) is 0 Å². The summed E-state index contributed by atoms with van der Waals surface area (Å²) in [5.74, 6) is -0.487. The minimum Gasteiger partial charge on any atom is -0.479 e. The summed E-state index contributed by atoms with van der Waals surface area (Å²) in [5.41, 5.74) is -1.17. The molecule has 2 unspecified atom stereocenters. The lowest BCUT2D eigenvalue weighted by Gasteiger charge is -2.22. The molecule has 0 radical (unpaired) electrons. The number of hydrogen-bond acceptors (Lipinski definition) is 5. The van der Waals surface area contributed by atoms with Crippen molar-refractivity contribution >= 4 is 5.97 Å². The summed E-state index contributed by atoms with van der Waals surface area (Å²) in [7, 11) is 0. The van der Waals surface area contributed by atoms with Gasteiger partial charge in [0.15, 0.2) is 11.4 Å². The van der Waals surface area contributed by atoms with Crippen LogP contribution >= 0.6 is 0 Å². The van der Waals surface area contributed by atoms with Gasteiger partial charge in [0, 0.05) is 0 Å². The van der Waals surface area contributed by atoms with Crippen LogP contribution in [0.2, 0.25) is 0 Å². The Morgan fingerprint density at radius 2 is 2.24 bits per heavy atom. The van der Waals surface area contributed by atoms with Crippen LogP contribution in [0, 0.1) is 0 Å². The molecule has 1 fully saturated rings. The predicted octanol–water partition coefficient (Wildman–Crippen LogP) is 0.733. The van der Waals surface area contributed by atoms with Crippen LogP contribution in [0.1, 0.15) is 45.5 Å². The molecule has 1 aromatic heterocycles. The van der Waals surface area contributed by atoms with Crippen LogP contribution in [0.5, 0.6) is 0 Å². The Morgan fingerprint density at radius 3 is 2.76 bits per heavy atom. The van der Waals surface area contributed by atoms with Crippen LogP contribution in [0.3, 0.4) is 0 Å². The van der Waals surface area contributed by atoms with Gasteiger partial charge in [-0.1, -0.05) is 0 Å². The van der Waals surface area contributed by atoms with Gasteiger partial charge in [-0.3, -0.25) is 0 Å². The number of hydrogen-bond donors (Lipinski definition) is 1. The maximum Gasteiger partial charge on any atom is 0.331 e. The van der Waals surface area contributed by atoms with Gasteiger partial charge in [-0.2, -0.15) is 0 Å². The quantitative estimate of drug-likeness (QED) is 0.837. The molecule has 0 aliphatic carbocycles. The Labute approximate surface area is 98.8 Å². The Morgan fingerprint density at radius 1 is 1.53 bits per heavy atom. The number of rotatable bonds is 3. The molecule has 0 spiro atoms. The largest absolute Gasteiger partial charge is 0.479 e. The number of aliphatic carboxylic acids is 1. The Balaban J connectivity index is 2.32. The molecule has 1 aliphatic rings. The van der Waals surface area contributed by atoms with E-state index < -0.39 is 11.5 Å². The fraction of sp³-hybridized carbons (Fsp3) is 0.800. The second-order valence-electron chi connectivity index (χ2n) is 4.83. The molecule has 2 heterocycles. The van der Waals surface area contributed by atoms with Crippen LogP contribution in [-0.4, -0.2) is 37.4 Å². The standard InChI is InChI=1S/C10H16N4O3/c1-6-4-5-7(17-6)8-11-12-13-14(8)10(2,3)9(15)16/h6-7H,4-5H2,1-3H3,(H,15,16). The van der Waals surface area contributed by atoms with Gasteiger partial charge in [0.25, 0.3) is 0 Å². The molecule has 0 aromatic carbocycles. The first kappa shape index (κ1) is 12.0. The lowest BCUT2D eigenvalue weighted by molar-refractivity contribution is -0.146. The highest BCUT2D eigenvalue weighted by molar-refractivity contribution is 5.75. The van der Waals surface area contributed by atoms with Crippen molar-refractivity contribution in [2.45, 2.75) is 51.4 Å². The van der Waals surface area contributed by atoms with E-state index in [0.29, 0.717) is 5.82 Å². The van der Waals surface area contributed by atoms with Gasteiger partial charge in [-0.15, -0.1) is 5.10 Å². The number of carbonyl (C=O) groups is 1. The van der Waals surface area contributed by atoms with Gasteiger partial charge in [-0.05, 0) is 44.0 Å². The van der Waals surface area contributed by atoms with E-state index in [-0.39, 0.29) is 12.2 Å². The van der Waals surface area contributed by atoms with Crippen LogP contribution < -0.4 is 0 Å². The van der Waals surface area contributed by atoms with E-state index in [2.05, 4.69) is 15.5 Å². The third kappa shape index (κ3) is 2.02. The van der Waals surface area contributed by atoms with E-state index in [1.54, 1.807) is 13.8 Å². The summed E-state index contributed by atoms with van der Waals surface area (Å²) >= 11 is 0. The second kappa shape index (κ2) is 4.06. The normalized spacial score (nSPS) is 25.1. The van der Waals surface area contributed by atoms with Crippen molar-refractivity contribution in [3.8, 4) is 0 Å². The van der Waals surface area contributed by atoms with Crippen LogP contribution in [0.4, 0.5) is 0 Å². The molecule has 1 aromatic rings. The highest BCUT2D eigenvalue weighted by Crippen LogP contribution is 2.32. The van der Waals surface area contributed by atoms with E-state index in [1.807, 2.05) is 6.92 Å². The number of carboxylic acid groups (broad SMARTS) is 1.